The zero-order chi connectivity index (χ0) is 13.2. The number of aromatic amines is 1. The van der Waals surface area contributed by atoms with Crippen LogP contribution in [-0.4, -0.2) is 19.7 Å². The second-order valence-corrected chi connectivity index (χ2v) is 4.95. The van der Waals surface area contributed by atoms with Gasteiger partial charge in [-0.15, -0.1) is 0 Å². The van der Waals surface area contributed by atoms with Crippen molar-refractivity contribution in [1.29, 1.82) is 0 Å². The maximum atomic E-state index is 4.49. The average Bonchev–Trinajstić information content (AvgIpc) is 3.07. The van der Waals surface area contributed by atoms with E-state index in [4.69, 9.17) is 0 Å². The lowest BCUT2D eigenvalue weighted by Crippen LogP contribution is -2.04. The van der Waals surface area contributed by atoms with Crippen molar-refractivity contribution < 1.29 is 0 Å². The molecule has 1 atom stereocenters. The van der Waals surface area contributed by atoms with Gasteiger partial charge in [0.2, 0.25) is 0 Å². The molecular formula is C15H18N4. The first-order chi connectivity index (χ1) is 9.29. The molecule has 0 aliphatic carbocycles. The highest BCUT2D eigenvalue weighted by Gasteiger charge is 2.10. The topological polar surface area (TPSA) is 46.5 Å². The first-order valence-electron chi connectivity index (χ1n) is 6.76. The highest BCUT2D eigenvalue weighted by atomic mass is 15.3. The molecular weight excluding hydrogens is 236 g/mol. The monoisotopic (exact) mass is 254 g/mol. The molecule has 4 nitrogen and oxygen atoms in total. The van der Waals surface area contributed by atoms with Gasteiger partial charge in [-0.3, -0.25) is 4.68 Å². The standard InChI is InChI=1S/C15H18N4/c1-3-4-11(2)19-10-12(9-18-19)13-5-7-16-15-14(13)6-8-17-15/h5-11H,3-4H2,1-2H3,(H,16,17)/t11-/m1/s1. The van der Waals surface area contributed by atoms with E-state index < -0.39 is 0 Å². The van der Waals surface area contributed by atoms with Crippen LogP contribution in [0.2, 0.25) is 0 Å². The van der Waals surface area contributed by atoms with Crippen molar-refractivity contribution in [3.05, 3.63) is 36.9 Å². The van der Waals surface area contributed by atoms with Crippen LogP contribution in [0.3, 0.4) is 0 Å². The zero-order valence-corrected chi connectivity index (χ0v) is 11.3. The summed E-state index contributed by atoms with van der Waals surface area (Å²) in [6.07, 6.45) is 10.1. The Bertz CT molecular complexity index is 680. The molecule has 0 saturated carbocycles. The normalized spacial score (nSPS) is 12.9. The van der Waals surface area contributed by atoms with Crippen LogP contribution >= 0.6 is 0 Å². The quantitative estimate of drug-likeness (QED) is 0.770. The van der Waals surface area contributed by atoms with Crippen LogP contribution in [0.4, 0.5) is 0 Å². The Morgan fingerprint density at radius 2 is 2.26 bits per heavy atom. The van der Waals surface area contributed by atoms with E-state index >= 15 is 0 Å². The molecule has 0 saturated heterocycles. The van der Waals surface area contributed by atoms with Gasteiger partial charge in [0.05, 0.1) is 6.20 Å². The molecule has 0 radical (unpaired) electrons. The van der Waals surface area contributed by atoms with Crippen molar-refractivity contribution in [3.63, 3.8) is 0 Å². The number of pyridine rings is 1. The molecule has 0 bridgehead atoms. The molecule has 0 spiro atoms. The third kappa shape index (κ3) is 2.14. The molecule has 0 unspecified atom stereocenters. The number of nitrogens with one attached hydrogen (secondary N) is 1. The Hall–Kier alpha value is -2.10. The molecule has 19 heavy (non-hydrogen) atoms. The number of nitrogens with zero attached hydrogens (tertiary/aromatic N) is 3. The van der Waals surface area contributed by atoms with E-state index in [2.05, 4.69) is 45.9 Å². The minimum absolute atomic E-state index is 0.447. The number of hydrogen-bond donors (Lipinski definition) is 1. The van der Waals surface area contributed by atoms with Crippen LogP contribution in [0.25, 0.3) is 22.2 Å². The van der Waals surface area contributed by atoms with Crippen LogP contribution in [0.1, 0.15) is 32.7 Å². The lowest BCUT2D eigenvalue weighted by Gasteiger charge is -2.09. The summed E-state index contributed by atoms with van der Waals surface area (Å²) in [7, 11) is 0. The molecule has 3 rings (SSSR count). The third-order valence-corrected chi connectivity index (χ3v) is 3.53. The highest BCUT2D eigenvalue weighted by molar-refractivity contribution is 5.92. The SMILES string of the molecule is CCC[C@@H](C)n1cc(-c2ccnc3[nH]ccc23)cn1. The summed E-state index contributed by atoms with van der Waals surface area (Å²) in [4.78, 5) is 7.46. The molecule has 98 valence electrons. The van der Waals surface area contributed by atoms with Gasteiger partial charge in [-0.05, 0) is 31.0 Å². The number of hydrogen-bond acceptors (Lipinski definition) is 2. The van der Waals surface area contributed by atoms with Crippen molar-refractivity contribution in [2.75, 3.05) is 0 Å². The number of fused-ring (bicyclic) bond motifs is 1. The fourth-order valence-electron chi connectivity index (χ4n) is 2.48. The van der Waals surface area contributed by atoms with Crippen molar-refractivity contribution in [2.24, 2.45) is 0 Å². The number of H-pyrrole nitrogens is 1. The molecule has 3 aromatic rings. The summed E-state index contributed by atoms with van der Waals surface area (Å²) in [5.74, 6) is 0. The van der Waals surface area contributed by atoms with Gasteiger partial charge in [-0.1, -0.05) is 13.3 Å². The average molecular weight is 254 g/mol. The maximum Gasteiger partial charge on any atom is 0.137 e. The molecule has 3 heterocycles. The van der Waals surface area contributed by atoms with E-state index in [1.807, 2.05) is 24.7 Å². The van der Waals surface area contributed by atoms with Gasteiger partial charge in [0.15, 0.2) is 0 Å². The molecule has 0 aliphatic heterocycles. The molecule has 0 aromatic carbocycles. The largest absolute Gasteiger partial charge is 0.346 e. The van der Waals surface area contributed by atoms with Gasteiger partial charge in [0.25, 0.3) is 0 Å². The first-order valence-corrected chi connectivity index (χ1v) is 6.76. The first kappa shape index (κ1) is 12.0. The smallest absolute Gasteiger partial charge is 0.137 e. The fourth-order valence-corrected chi connectivity index (χ4v) is 2.48. The van der Waals surface area contributed by atoms with Crippen LogP contribution in [0.15, 0.2) is 36.9 Å². The van der Waals surface area contributed by atoms with Gasteiger partial charge in [0, 0.05) is 35.6 Å². The maximum absolute atomic E-state index is 4.49. The molecule has 4 heteroatoms. The highest BCUT2D eigenvalue weighted by Crippen LogP contribution is 2.27. The van der Waals surface area contributed by atoms with Gasteiger partial charge in [0.1, 0.15) is 5.65 Å². The Labute approximate surface area is 112 Å². The molecule has 1 N–H and O–H groups in total. The molecule has 0 fully saturated rings. The van der Waals surface area contributed by atoms with Crippen molar-refractivity contribution in [3.8, 4) is 11.1 Å². The Morgan fingerprint density at radius 1 is 1.37 bits per heavy atom. The third-order valence-electron chi connectivity index (χ3n) is 3.53. The Balaban J connectivity index is 2.00. The second-order valence-electron chi connectivity index (χ2n) is 4.95. The number of rotatable bonds is 4. The van der Waals surface area contributed by atoms with Crippen molar-refractivity contribution in [2.45, 2.75) is 32.7 Å². The minimum Gasteiger partial charge on any atom is -0.346 e. The fraction of sp³-hybridized carbons (Fsp3) is 0.333. The summed E-state index contributed by atoms with van der Waals surface area (Å²) in [6.45, 7) is 4.41. The van der Waals surface area contributed by atoms with E-state index in [9.17, 15) is 0 Å². The van der Waals surface area contributed by atoms with Crippen molar-refractivity contribution >= 4 is 11.0 Å². The van der Waals surface area contributed by atoms with E-state index in [1.54, 1.807) is 0 Å². The van der Waals surface area contributed by atoms with Crippen molar-refractivity contribution in [1.82, 2.24) is 19.7 Å². The van der Waals surface area contributed by atoms with Gasteiger partial charge < -0.3 is 4.98 Å². The lowest BCUT2D eigenvalue weighted by atomic mass is 10.1. The summed E-state index contributed by atoms with van der Waals surface area (Å²) in [6, 6.07) is 4.55. The molecule has 0 aliphatic rings. The second kappa shape index (κ2) is 4.88. The summed E-state index contributed by atoms with van der Waals surface area (Å²) in [5.41, 5.74) is 3.25. The van der Waals surface area contributed by atoms with E-state index in [1.165, 1.54) is 12.0 Å². The zero-order valence-electron chi connectivity index (χ0n) is 11.3. The van der Waals surface area contributed by atoms with Crippen LogP contribution in [-0.2, 0) is 0 Å². The van der Waals surface area contributed by atoms with E-state index in [0.717, 1.165) is 23.0 Å². The predicted molar refractivity (Wildman–Crippen MR) is 76.9 cm³/mol. The van der Waals surface area contributed by atoms with Crippen LogP contribution in [0.5, 0.6) is 0 Å². The summed E-state index contributed by atoms with van der Waals surface area (Å²) >= 11 is 0. The van der Waals surface area contributed by atoms with Gasteiger partial charge in [-0.2, -0.15) is 5.10 Å². The number of aromatic nitrogens is 4. The Morgan fingerprint density at radius 3 is 3.11 bits per heavy atom. The van der Waals surface area contributed by atoms with E-state index in [0.29, 0.717) is 6.04 Å². The van der Waals surface area contributed by atoms with Crippen LogP contribution < -0.4 is 0 Å². The molecule has 0 amide bonds. The minimum atomic E-state index is 0.447. The van der Waals surface area contributed by atoms with Crippen LogP contribution in [0, 0.1) is 0 Å². The van der Waals surface area contributed by atoms with E-state index in [-0.39, 0.29) is 0 Å². The Kier molecular flexibility index (Phi) is 3.07. The lowest BCUT2D eigenvalue weighted by molar-refractivity contribution is 0.455. The predicted octanol–water partition coefficient (Wildman–Crippen LogP) is 3.79. The van der Waals surface area contributed by atoms with Gasteiger partial charge in [-0.25, -0.2) is 4.98 Å². The molecule has 3 aromatic heterocycles. The summed E-state index contributed by atoms with van der Waals surface area (Å²) in [5, 5.41) is 5.63. The summed E-state index contributed by atoms with van der Waals surface area (Å²) < 4.78 is 2.05. The van der Waals surface area contributed by atoms with Gasteiger partial charge >= 0.3 is 0 Å².